The van der Waals surface area contributed by atoms with Crippen molar-refractivity contribution in [3.63, 3.8) is 0 Å². The Labute approximate surface area is 116 Å². The summed E-state index contributed by atoms with van der Waals surface area (Å²) in [6.07, 6.45) is 5.24. The summed E-state index contributed by atoms with van der Waals surface area (Å²) in [5, 5.41) is 2.31. The van der Waals surface area contributed by atoms with E-state index in [9.17, 15) is 0 Å². The van der Waals surface area contributed by atoms with Crippen LogP contribution >= 0.6 is 0 Å². The van der Waals surface area contributed by atoms with Crippen LogP contribution in [0.15, 0.2) is 24.3 Å². The summed E-state index contributed by atoms with van der Waals surface area (Å²) in [5.74, 6) is 1.60. The van der Waals surface area contributed by atoms with E-state index in [1.54, 1.807) is 7.11 Å². The van der Waals surface area contributed by atoms with Gasteiger partial charge in [0.15, 0.2) is 11.5 Å². The van der Waals surface area contributed by atoms with E-state index in [0.29, 0.717) is 12.6 Å². The smallest absolute Gasteiger partial charge is 0.161 e. The monoisotopic (exact) mass is 264 g/mol. The minimum Gasteiger partial charge on any atom is -0.493 e. The van der Waals surface area contributed by atoms with Gasteiger partial charge in [-0.05, 0) is 38.0 Å². The van der Waals surface area contributed by atoms with Gasteiger partial charge in [0.1, 0.15) is 13.2 Å². The van der Waals surface area contributed by atoms with Crippen LogP contribution in [0, 0.1) is 0 Å². The number of methoxy groups -OCH3 is 1. The van der Waals surface area contributed by atoms with Crippen molar-refractivity contribution in [3.05, 3.63) is 29.8 Å². The van der Waals surface area contributed by atoms with Crippen molar-refractivity contribution in [2.45, 2.75) is 33.2 Å². The fraction of sp³-hybridized carbons (Fsp3) is 0.500. The Hall–Kier alpha value is -1.48. The highest BCUT2D eigenvalue weighted by molar-refractivity contribution is 5.55. The number of allylic oxidation sites excluding steroid dienone is 1. The Balaban J connectivity index is 2.53. The summed E-state index contributed by atoms with van der Waals surface area (Å²) in [5.41, 5.74) is 1.12. The second-order valence-corrected chi connectivity index (χ2v) is 4.67. The molecule has 0 saturated heterocycles. The van der Waals surface area contributed by atoms with Crippen molar-refractivity contribution in [1.29, 1.82) is 0 Å². The summed E-state index contributed by atoms with van der Waals surface area (Å²) in [6.45, 7) is 8.09. The Morgan fingerprint density at radius 2 is 2.11 bits per heavy atom. The van der Waals surface area contributed by atoms with E-state index in [1.807, 2.05) is 37.3 Å². The summed E-state index contributed by atoms with van der Waals surface area (Å²) < 4.78 is 11.1. The molecule has 0 aliphatic carbocycles. The van der Waals surface area contributed by atoms with Crippen LogP contribution in [0.3, 0.4) is 0 Å². The Morgan fingerprint density at radius 1 is 1.32 bits per heavy atom. The second-order valence-electron chi connectivity index (χ2n) is 4.67. The maximum absolute atomic E-state index is 5.78. The van der Waals surface area contributed by atoms with Crippen LogP contribution in [0.2, 0.25) is 0 Å². The molecular weight excluding hydrogens is 238 g/mol. The maximum Gasteiger partial charge on any atom is 0.161 e. The summed E-state index contributed by atoms with van der Waals surface area (Å²) in [6, 6.07) is 6.66. The van der Waals surface area contributed by atoms with E-state index in [-0.39, 0.29) is 0 Å². The second kappa shape index (κ2) is 8.59. The lowest BCUT2D eigenvalue weighted by Crippen LogP contribution is -2.90. The van der Waals surface area contributed by atoms with E-state index in [1.165, 1.54) is 6.42 Å². The minimum absolute atomic E-state index is 0.655. The first-order valence-corrected chi connectivity index (χ1v) is 6.98. The number of hydrogen-bond donors (Lipinski definition) is 1. The molecule has 0 amide bonds. The summed E-state index contributed by atoms with van der Waals surface area (Å²) in [4.78, 5) is 0. The molecule has 1 rings (SSSR count). The number of hydrogen-bond acceptors (Lipinski definition) is 2. The molecule has 2 N–H and O–H groups in total. The largest absolute Gasteiger partial charge is 0.493 e. The lowest BCUT2D eigenvalue weighted by atomic mass is 10.2. The van der Waals surface area contributed by atoms with Gasteiger partial charge in [-0.25, -0.2) is 0 Å². The SMILES string of the molecule is C/C=C/c1ccc(OCC[NH2+][C@H](C)CC)c(OC)c1. The first kappa shape index (κ1) is 15.6. The zero-order valence-corrected chi connectivity index (χ0v) is 12.5. The molecule has 1 atom stereocenters. The number of ether oxygens (including phenoxy) is 2. The average Bonchev–Trinajstić information content (AvgIpc) is 2.44. The highest BCUT2D eigenvalue weighted by atomic mass is 16.5. The molecule has 106 valence electrons. The van der Waals surface area contributed by atoms with Crippen LogP contribution in [-0.2, 0) is 0 Å². The van der Waals surface area contributed by atoms with Crippen LogP contribution in [0.25, 0.3) is 6.08 Å². The number of nitrogens with two attached hydrogens (primary N) is 1. The molecule has 1 aromatic rings. The molecule has 0 unspecified atom stereocenters. The van der Waals surface area contributed by atoms with Crippen molar-refractivity contribution in [2.75, 3.05) is 20.3 Å². The van der Waals surface area contributed by atoms with Crippen molar-refractivity contribution in [2.24, 2.45) is 0 Å². The molecule has 0 bridgehead atoms. The topological polar surface area (TPSA) is 35.1 Å². The average molecular weight is 264 g/mol. The third kappa shape index (κ3) is 5.35. The van der Waals surface area contributed by atoms with Crippen LogP contribution in [0.4, 0.5) is 0 Å². The van der Waals surface area contributed by atoms with E-state index in [2.05, 4.69) is 19.2 Å². The van der Waals surface area contributed by atoms with Crippen LogP contribution < -0.4 is 14.8 Å². The van der Waals surface area contributed by atoms with Gasteiger partial charge in [-0.1, -0.05) is 25.1 Å². The molecule has 1 aromatic carbocycles. The maximum atomic E-state index is 5.78. The molecule has 0 radical (unpaired) electrons. The van der Waals surface area contributed by atoms with Crippen LogP contribution in [-0.4, -0.2) is 26.3 Å². The van der Waals surface area contributed by atoms with E-state index in [4.69, 9.17) is 9.47 Å². The lowest BCUT2D eigenvalue weighted by Gasteiger charge is -2.12. The first-order chi connectivity index (χ1) is 9.21. The van der Waals surface area contributed by atoms with E-state index in [0.717, 1.165) is 23.6 Å². The Kier molecular flexibility index (Phi) is 7.04. The molecule has 0 aliphatic heterocycles. The number of quaternary nitrogens is 1. The fourth-order valence-electron chi connectivity index (χ4n) is 1.79. The van der Waals surface area contributed by atoms with Crippen molar-refractivity contribution in [3.8, 4) is 11.5 Å². The Bertz CT molecular complexity index is 402. The molecule has 0 spiro atoms. The van der Waals surface area contributed by atoms with Gasteiger partial charge in [0.05, 0.1) is 13.2 Å². The minimum atomic E-state index is 0.655. The quantitative estimate of drug-likeness (QED) is 0.732. The summed E-state index contributed by atoms with van der Waals surface area (Å²) in [7, 11) is 1.67. The van der Waals surface area contributed by atoms with Gasteiger partial charge in [0.25, 0.3) is 0 Å². The molecule has 0 heterocycles. The third-order valence-electron chi connectivity index (χ3n) is 3.14. The third-order valence-corrected chi connectivity index (χ3v) is 3.14. The van der Waals surface area contributed by atoms with Gasteiger partial charge in [-0.2, -0.15) is 0 Å². The predicted molar refractivity (Wildman–Crippen MR) is 79.7 cm³/mol. The fourth-order valence-corrected chi connectivity index (χ4v) is 1.79. The Morgan fingerprint density at radius 3 is 2.74 bits per heavy atom. The van der Waals surface area contributed by atoms with Gasteiger partial charge in [-0.15, -0.1) is 0 Å². The standard InChI is InChI=1S/C16H25NO2/c1-5-7-14-8-9-15(16(12-14)18-4)19-11-10-17-13(3)6-2/h5,7-9,12-13,17H,6,10-11H2,1-4H3/p+1/b7-5+/t13-/m1/s1. The van der Waals surface area contributed by atoms with Gasteiger partial charge < -0.3 is 14.8 Å². The number of benzene rings is 1. The van der Waals surface area contributed by atoms with Crippen molar-refractivity contribution in [1.82, 2.24) is 0 Å². The van der Waals surface area contributed by atoms with Crippen molar-refractivity contribution < 1.29 is 14.8 Å². The summed E-state index contributed by atoms with van der Waals surface area (Å²) >= 11 is 0. The molecular formula is C16H26NO2+. The molecule has 0 aromatic heterocycles. The molecule has 0 aliphatic rings. The normalized spacial score (nSPS) is 12.6. The first-order valence-electron chi connectivity index (χ1n) is 6.98. The van der Waals surface area contributed by atoms with E-state index < -0.39 is 0 Å². The highest BCUT2D eigenvalue weighted by Gasteiger charge is 2.06. The molecule has 0 saturated carbocycles. The van der Waals surface area contributed by atoms with Crippen LogP contribution in [0.5, 0.6) is 11.5 Å². The zero-order valence-electron chi connectivity index (χ0n) is 12.5. The van der Waals surface area contributed by atoms with Crippen molar-refractivity contribution >= 4 is 6.08 Å². The van der Waals surface area contributed by atoms with Crippen LogP contribution in [0.1, 0.15) is 32.8 Å². The zero-order chi connectivity index (χ0) is 14.1. The highest BCUT2D eigenvalue weighted by Crippen LogP contribution is 2.28. The molecule has 19 heavy (non-hydrogen) atoms. The van der Waals surface area contributed by atoms with Gasteiger partial charge in [0.2, 0.25) is 0 Å². The predicted octanol–water partition coefficient (Wildman–Crippen LogP) is 2.47. The van der Waals surface area contributed by atoms with Gasteiger partial charge >= 0.3 is 0 Å². The van der Waals surface area contributed by atoms with E-state index >= 15 is 0 Å². The lowest BCUT2D eigenvalue weighted by molar-refractivity contribution is -0.686. The van der Waals surface area contributed by atoms with Gasteiger partial charge in [0, 0.05) is 0 Å². The number of rotatable bonds is 8. The van der Waals surface area contributed by atoms with Gasteiger partial charge in [-0.3, -0.25) is 0 Å². The molecule has 0 fully saturated rings. The molecule has 3 nitrogen and oxygen atoms in total. The molecule has 3 heteroatoms.